The first-order chi connectivity index (χ1) is 11.4. The van der Waals surface area contributed by atoms with Crippen molar-refractivity contribution >= 4 is 11.6 Å². The van der Waals surface area contributed by atoms with Crippen LogP contribution >= 0.6 is 11.6 Å². The Morgan fingerprint density at radius 2 is 2.04 bits per heavy atom. The van der Waals surface area contributed by atoms with E-state index in [-0.39, 0.29) is 10.8 Å². The minimum absolute atomic E-state index is 0.0127. The molecule has 0 aromatic rings. The zero-order valence-corrected chi connectivity index (χ0v) is 15.1. The van der Waals surface area contributed by atoms with Gasteiger partial charge in [0.15, 0.2) is 0 Å². The van der Waals surface area contributed by atoms with Crippen molar-refractivity contribution in [2.24, 2.45) is 22.7 Å². The first kappa shape index (κ1) is 16.1. The number of hydrogen-bond acceptors (Lipinski definition) is 2. The van der Waals surface area contributed by atoms with Crippen LogP contribution in [-0.2, 0) is 0 Å². The molecule has 0 spiro atoms. The highest BCUT2D eigenvalue weighted by molar-refractivity contribution is 6.32. The van der Waals surface area contributed by atoms with Gasteiger partial charge in [0.1, 0.15) is 0 Å². The molecule has 3 heteroatoms. The number of aliphatic hydroxyl groups is 2. The van der Waals surface area contributed by atoms with Crippen LogP contribution in [0.3, 0.4) is 0 Å². The Morgan fingerprint density at radius 1 is 1.25 bits per heavy atom. The van der Waals surface area contributed by atoms with Gasteiger partial charge in [0.25, 0.3) is 0 Å². The Kier molecular flexibility index (Phi) is 3.55. The van der Waals surface area contributed by atoms with Crippen LogP contribution in [0.1, 0.15) is 46.0 Å². The molecule has 0 aliphatic heterocycles. The molecule has 0 heterocycles. The summed E-state index contributed by atoms with van der Waals surface area (Å²) in [6.45, 7) is 4.64. The first-order valence-electron chi connectivity index (χ1n) is 8.92. The number of rotatable bonds is 1. The number of aliphatic hydroxyl groups excluding tert-OH is 2. The highest BCUT2D eigenvalue weighted by Crippen LogP contribution is 2.63. The minimum atomic E-state index is 0.0127. The fraction of sp³-hybridized carbons (Fsp3) is 0.524. The lowest BCUT2D eigenvalue weighted by molar-refractivity contribution is 0.155. The van der Waals surface area contributed by atoms with Crippen LogP contribution in [0.2, 0.25) is 0 Å². The molecule has 0 radical (unpaired) electrons. The molecule has 2 nitrogen and oxygen atoms in total. The smallest absolute Gasteiger partial charge is 0.0980 e. The molecule has 0 saturated carbocycles. The third-order valence-electron chi connectivity index (χ3n) is 7.08. The lowest BCUT2D eigenvalue weighted by Crippen LogP contribution is -2.42. The van der Waals surface area contributed by atoms with Gasteiger partial charge < -0.3 is 10.2 Å². The Morgan fingerprint density at radius 3 is 2.79 bits per heavy atom. The lowest BCUT2D eigenvalue weighted by Gasteiger charge is -2.51. The molecule has 4 aliphatic carbocycles. The average molecular weight is 345 g/mol. The van der Waals surface area contributed by atoms with Gasteiger partial charge in [0, 0.05) is 17.3 Å². The van der Waals surface area contributed by atoms with Crippen LogP contribution in [0.25, 0.3) is 0 Å². The summed E-state index contributed by atoms with van der Waals surface area (Å²) in [6, 6.07) is 0. The Bertz CT molecular complexity index is 739. The van der Waals surface area contributed by atoms with Gasteiger partial charge in [0.05, 0.1) is 17.1 Å². The van der Waals surface area contributed by atoms with Gasteiger partial charge in [0.2, 0.25) is 0 Å². The molecule has 0 amide bonds. The lowest BCUT2D eigenvalue weighted by atomic mass is 9.52. The fourth-order valence-electron chi connectivity index (χ4n) is 5.65. The third-order valence-corrected chi connectivity index (χ3v) is 7.38. The summed E-state index contributed by atoms with van der Waals surface area (Å²) >= 11 is 6.29. The SMILES string of the molecule is C[C@]12CCC(O)=CC1=CC[C@@H]1C2=CC[C@]2(C)C(C(Cl)=CO)=CC[C@@H]12. The first-order valence-corrected chi connectivity index (χ1v) is 9.29. The van der Waals surface area contributed by atoms with Crippen LogP contribution in [0.4, 0.5) is 0 Å². The van der Waals surface area contributed by atoms with E-state index in [2.05, 4.69) is 32.1 Å². The standard InChI is InChI=1S/C21H25ClO2/c1-20-9-7-14(24)11-13(20)3-4-15-16-5-6-18(19(22)12-23)21(16,2)10-8-17(15)20/h3,6,8,11-12,15-16,23-24H,4-5,7,9-10H2,1-2H3/t15-,16-,20-,21-/m0/s1. The summed E-state index contributed by atoms with van der Waals surface area (Å²) < 4.78 is 0. The maximum absolute atomic E-state index is 9.92. The van der Waals surface area contributed by atoms with Crippen LogP contribution in [0.5, 0.6) is 0 Å². The Balaban J connectivity index is 1.74. The normalized spacial score (nSPS) is 41.4. The van der Waals surface area contributed by atoms with Gasteiger partial charge in [-0.25, -0.2) is 0 Å². The second-order valence-electron chi connectivity index (χ2n) is 8.19. The summed E-state index contributed by atoms with van der Waals surface area (Å²) in [5, 5.41) is 19.8. The molecule has 0 saturated heterocycles. The number of hydrogen-bond donors (Lipinski definition) is 2. The van der Waals surface area contributed by atoms with Crippen molar-refractivity contribution in [3.8, 4) is 0 Å². The summed E-state index contributed by atoms with van der Waals surface area (Å²) in [6.07, 6.45) is 14.8. The molecule has 0 aromatic heterocycles. The second-order valence-corrected chi connectivity index (χ2v) is 8.59. The van der Waals surface area contributed by atoms with Gasteiger partial charge >= 0.3 is 0 Å². The van der Waals surface area contributed by atoms with E-state index in [9.17, 15) is 10.2 Å². The fourth-order valence-corrected chi connectivity index (χ4v) is 5.94. The summed E-state index contributed by atoms with van der Waals surface area (Å²) in [4.78, 5) is 0. The predicted octanol–water partition coefficient (Wildman–Crippen LogP) is 6.10. The zero-order chi connectivity index (χ0) is 17.1. The quantitative estimate of drug-likeness (QED) is 0.446. The number of allylic oxidation sites excluding steroid dienone is 9. The van der Waals surface area contributed by atoms with Crippen molar-refractivity contribution in [2.75, 3.05) is 0 Å². The van der Waals surface area contributed by atoms with Gasteiger partial charge in [-0.2, -0.15) is 0 Å². The summed E-state index contributed by atoms with van der Waals surface area (Å²) in [7, 11) is 0. The largest absolute Gasteiger partial charge is 0.514 e. The van der Waals surface area contributed by atoms with Crippen molar-refractivity contribution in [1.29, 1.82) is 0 Å². The van der Waals surface area contributed by atoms with Gasteiger partial charge in [-0.15, -0.1) is 0 Å². The molecule has 24 heavy (non-hydrogen) atoms. The minimum Gasteiger partial charge on any atom is -0.514 e. The van der Waals surface area contributed by atoms with Gasteiger partial charge in [-0.1, -0.05) is 49.2 Å². The second kappa shape index (κ2) is 5.29. The molecule has 4 aliphatic rings. The molecule has 0 bridgehead atoms. The van der Waals surface area contributed by atoms with Gasteiger partial charge in [-0.05, 0) is 54.7 Å². The highest BCUT2D eigenvalue weighted by atomic mass is 35.5. The van der Waals surface area contributed by atoms with E-state index in [1.807, 2.05) is 6.08 Å². The molecule has 4 rings (SSSR count). The molecular formula is C21H25ClO2. The van der Waals surface area contributed by atoms with E-state index in [0.717, 1.165) is 43.9 Å². The molecule has 2 N–H and O–H groups in total. The van der Waals surface area contributed by atoms with Crippen molar-refractivity contribution in [3.05, 3.63) is 58.1 Å². The van der Waals surface area contributed by atoms with E-state index in [1.165, 1.54) is 5.57 Å². The molecule has 0 fully saturated rings. The topological polar surface area (TPSA) is 40.5 Å². The Labute approximate surface area is 148 Å². The zero-order valence-electron chi connectivity index (χ0n) is 14.3. The molecule has 4 atom stereocenters. The monoisotopic (exact) mass is 344 g/mol. The summed E-state index contributed by atoms with van der Waals surface area (Å²) in [5.41, 5.74) is 4.03. The Hall–Kier alpha value is -1.41. The molecule has 0 unspecified atom stereocenters. The van der Waals surface area contributed by atoms with E-state index in [0.29, 0.717) is 22.6 Å². The molecule has 0 aromatic carbocycles. The molecular weight excluding hydrogens is 320 g/mol. The van der Waals surface area contributed by atoms with Crippen molar-refractivity contribution < 1.29 is 10.2 Å². The van der Waals surface area contributed by atoms with Crippen LogP contribution in [-0.4, -0.2) is 10.2 Å². The number of fused-ring (bicyclic) bond motifs is 5. The maximum atomic E-state index is 9.92. The number of halogens is 1. The van der Waals surface area contributed by atoms with Crippen molar-refractivity contribution in [2.45, 2.75) is 46.0 Å². The summed E-state index contributed by atoms with van der Waals surface area (Å²) in [5.74, 6) is 1.58. The third kappa shape index (κ3) is 2.02. The van der Waals surface area contributed by atoms with Gasteiger partial charge in [-0.3, -0.25) is 0 Å². The predicted molar refractivity (Wildman–Crippen MR) is 97.8 cm³/mol. The van der Waals surface area contributed by atoms with E-state index < -0.39 is 0 Å². The van der Waals surface area contributed by atoms with Crippen LogP contribution in [0, 0.1) is 22.7 Å². The van der Waals surface area contributed by atoms with E-state index in [4.69, 9.17) is 11.6 Å². The maximum Gasteiger partial charge on any atom is 0.0980 e. The average Bonchev–Trinajstić information content (AvgIpc) is 2.92. The van der Waals surface area contributed by atoms with Crippen LogP contribution < -0.4 is 0 Å². The highest BCUT2D eigenvalue weighted by Gasteiger charge is 2.53. The van der Waals surface area contributed by atoms with Crippen LogP contribution in [0.15, 0.2) is 58.1 Å². The van der Waals surface area contributed by atoms with Crippen molar-refractivity contribution in [1.82, 2.24) is 0 Å². The van der Waals surface area contributed by atoms with Crippen molar-refractivity contribution in [3.63, 3.8) is 0 Å². The van der Waals surface area contributed by atoms with E-state index >= 15 is 0 Å². The van der Waals surface area contributed by atoms with E-state index in [1.54, 1.807) is 5.57 Å². The molecule has 128 valence electrons.